The summed E-state index contributed by atoms with van der Waals surface area (Å²) >= 11 is 1.75. The Morgan fingerprint density at radius 2 is 2.43 bits per heavy atom. The van der Waals surface area contributed by atoms with Crippen LogP contribution in [0.4, 0.5) is 0 Å². The fourth-order valence-corrected chi connectivity index (χ4v) is 2.77. The van der Waals surface area contributed by atoms with Crippen LogP contribution in [0.2, 0.25) is 0 Å². The molecule has 1 aliphatic rings. The van der Waals surface area contributed by atoms with Crippen LogP contribution in [-0.4, -0.2) is 14.6 Å². The molecule has 14 heavy (non-hydrogen) atoms. The molecule has 4 nitrogen and oxygen atoms in total. The molecule has 0 radical (unpaired) electrons. The van der Waals surface area contributed by atoms with Crippen LogP contribution < -0.4 is 5.56 Å². The molecule has 0 amide bonds. The van der Waals surface area contributed by atoms with E-state index in [0.717, 1.165) is 34.1 Å². The van der Waals surface area contributed by atoms with Gasteiger partial charge in [0.25, 0.3) is 5.56 Å². The van der Waals surface area contributed by atoms with Crippen LogP contribution in [0.1, 0.15) is 17.0 Å². The molecule has 0 aromatic carbocycles. The smallest absolute Gasteiger partial charge is 0.277 e. The van der Waals surface area contributed by atoms with Crippen LogP contribution in [0.3, 0.4) is 0 Å². The Kier molecular flexibility index (Phi) is 1.53. The first-order valence-electron chi connectivity index (χ1n) is 4.43. The summed E-state index contributed by atoms with van der Waals surface area (Å²) in [6.45, 7) is 1.92. The normalized spacial score (nSPS) is 14.9. The van der Waals surface area contributed by atoms with Gasteiger partial charge in [-0.15, -0.1) is 0 Å². The molecule has 2 aromatic heterocycles. The summed E-state index contributed by atoms with van der Waals surface area (Å²) in [5.41, 5.74) is 3.57. The largest absolute Gasteiger partial charge is 0.294 e. The summed E-state index contributed by atoms with van der Waals surface area (Å²) in [5, 5.41) is 2.99. The Bertz CT molecular complexity index is 569. The van der Waals surface area contributed by atoms with E-state index in [1.807, 2.05) is 13.0 Å². The molecule has 0 unspecified atom stereocenters. The van der Waals surface area contributed by atoms with Gasteiger partial charge in [0.05, 0.1) is 11.3 Å². The quantitative estimate of drug-likeness (QED) is 0.703. The number of nitrogens with one attached hydrogen (secondary N) is 1. The number of nitrogens with zero attached hydrogens (tertiary/aromatic N) is 2. The van der Waals surface area contributed by atoms with Crippen molar-refractivity contribution in [1.82, 2.24) is 14.6 Å². The van der Waals surface area contributed by atoms with Crippen molar-refractivity contribution in [3.63, 3.8) is 0 Å². The molecule has 1 N–H and O–H groups in total. The first kappa shape index (κ1) is 8.11. The maximum Gasteiger partial charge on any atom is 0.277 e. The highest BCUT2D eigenvalue weighted by atomic mass is 32.2. The van der Waals surface area contributed by atoms with Crippen molar-refractivity contribution >= 4 is 17.4 Å². The first-order chi connectivity index (χ1) is 6.75. The molecule has 1 aliphatic heterocycles. The van der Waals surface area contributed by atoms with Gasteiger partial charge < -0.3 is 0 Å². The minimum Gasteiger partial charge on any atom is -0.294 e. The van der Waals surface area contributed by atoms with E-state index in [1.54, 1.807) is 11.8 Å². The molecular formula is C9H9N3OS. The van der Waals surface area contributed by atoms with Crippen LogP contribution in [0.25, 0.3) is 5.65 Å². The minimum absolute atomic E-state index is 0.0584. The van der Waals surface area contributed by atoms with E-state index in [0.29, 0.717) is 0 Å². The third-order valence-electron chi connectivity index (χ3n) is 2.41. The van der Waals surface area contributed by atoms with Gasteiger partial charge >= 0.3 is 0 Å². The van der Waals surface area contributed by atoms with Gasteiger partial charge in [0.15, 0.2) is 5.65 Å². The Morgan fingerprint density at radius 1 is 1.57 bits per heavy atom. The number of fused-ring (bicyclic) bond motifs is 2. The molecule has 0 fully saturated rings. The van der Waals surface area contributed by atoms with Crippen molar-refractivity contribution in [2.24, 2.45) is 0 Å². The van der Waals surface area contributed by atoms with Gasteiger partial charge in [-0.1, -0.05) is 0 Å². The fraction of sp³-hybridized carbons (Fsp3) is 0.333. The summed E-state index contributed by atoms with van der Waals surface area (Å²) < 4.78 is 1.53. The molecule has 0 bridgehead atoms. The number of aromatic amines is 1. The number of hydrogen-bond acceptors (Lipinski definition) is 3. The number of thioether (sulfide) groups is 1. The lowest BCUT2D eigenvalue weighted by atomic mass is 10.3. The van der Waals surface area contributed by atoms with Crippen molar-refractivity contribution in [2.45, 2.75) is 18.4 Å². The molecular weight excluding hydrogens is 198 g/mol. The number of aryl methyl sites for hydroxylation is 1. The van der Waals surface area contributed by atoms with Gasteiger partial charge in [-0.05, 0) is 6.92 Å². The number of aromatic nitrogens is 3. The lowest BCUT2D eigenvalue weighted by Gasteiger charge is -1.97. The summed E-state index contributed by atoms with van der Waals surface area (Å²) in [7, 11) is 0. The van der Waals surface area contributed by atoms with Crippen molar-refractivity contribution in [1.29, 1.82) is 0 Å². The second-order valence-corrected chi connectivity index (χ2v) is 4.45. The Labute approximate surface area is 84.3 Å². The number of H-pyrrole nitrogens is 1. The van der Waals surface area contributed by atoms with Gasteiger partial charge in [0.1, 0.15) is 0 Å². The van der Waals surface area contributed by atoms with E-state index in [4.69, 9.17) is 0 Å². The van der Waals surface area contributed by atoms with Crippen molar-refractivity contribution in [2.75, 3.05) is 0 Å². The molecule has 2 aromatic rings. The molecule has 72 valence electrons. The lowest BCUT2D eigenvalue weighted by molar-refractivity contribution is 0.859. The van der Waals surface area contributed by atoms with Crippen LogP contribution in [0.5, 0.6) is 0 Å². The number of rotatable bonds is 0. The Morgan fingerprint density at radius 3 is 3.29 bits per heavy atom. The average Bonchev–Trinajstić information content (AvgIpc) is 2.71. The fourth-order valence-electron chi connectivity index (χ4n) is 1.74. The second-order valence-electron chi connectivity index (χ2n) is 3.47. The predicted molar refractivity (Wildman–Crippen MR) is 55.5 cm³/mol. The molecule has 5 heteroatoms. The monoisotopic (exact) mass is 207 g/mol. The van der Waals surface area contributed by atoms with Crippen molar-refractivity contribution in [3.8, 4) is 0 Å². The molecule has 0 atom stereocenters. The van der Waals surface area contributed by atoms with E-state index in [1.165, 1.54) is 4.52 Å². The standard InChI is InChI=1S/C9H9N3OS/c1-5-2-8-10-7-4-14-3-6(7)9(13)12(8)11-5/h2,11H,3-4H2,1H3. The minimum atomic E-state index is 0.0584. The molecule has 3 rings (SSSR count). The van der Waals surface area contributed by atoms with Gasteiger partial charge in [-0.25, -0.2) is 9.50 Å². The lowest BCUT2D eigenvalue weighted by Crippen LogP contribution is -2.19. The van der Waals surface area contributed by atoms with E-state index in [2.05, 4.69) is 10.1 Å². The predicted octanol–water partition coefficient (Wildman–Crippen LogP) is 1.08. The molecule has 0 spiro atoms. The van der Waals surface area contributed by atoms with Gasteiger partial charge in [-0.3, -0.25) is 9.89 Å². The zero-order chi connectivity index (χ0) is 9.71. The summed E-state index contributed by atoms with van der Waals surface area (Å²) in [6.07, 6.45) is 0. The zero-order valence-electron chi connectivity index (χ0n) is 7.70. The molecule has 0 aliphatic carbocycles. The van der Waals surface area contributed by atoms with Crippen molar-refractivity contribution < 1.29 is 0 Å². The molecule has 3 heterocycles. The van der Waals surface area contributed by atoms with Gasteiger partial charge in [0, 0.05) is 23.3 Å². The summed E-state index contributed by atoms with van der Waals surface area (Å²) in [6, 6.07) is 1.89. The second kappa shape index (κ2) is 2.63. The van der Waals surface area contributed by atoms with Crippen LogP contribution in [-0.2, 0) is 11.5 Å². The van der Waals surface area contributed by atoms with Gasteiger partial charge in [-0.2, -0.15) is 11.8 Å². The number of hydrogen-bond donors (Lipinski definition) is 1. The maximum absolute atomic E-state index is 11.9. The van der Waals surface area contributed by atoms with E-state index in [-0.39, 0.29) is 5.56 Å². The van der Waals surface area contributed by atoms with Crippen molar-refractivity contribution in [3.05, 3.63) is 33.4 Å². The third kappa shape index (κ3) is 0.957. The van der Waals surface area contributed by atoms with Crippen LogP contribution in [0, 0.1) is 6.92 Å². The van der Waals surface area contributed by atoms with E-state index < -0.39 is 0 Å². The molecule has 0 saturated heterocycles. The highest BCUT2D eigenvalue weighted by Crippen LogP contribution is 2.25. The zero-order valence-corrected chi connectivity index (χ0v) is 8.52. The van der Waals surface area contributed by atoms with Gasteiger partial charge in [0.2, 0.25) is 0 Å². The highest BCUT2D eigenvalue weighted by Gasteiger charge is 2.18. The Balaban J connectivity index is 2.49. The summed E-state index contributed by atoms with van der Waals surface area (Å²) in [4.78, 5) is 16.4. The van der Waals surface area contributed by atoms with E-state index >= 15 is 0 Å². The summed E-state index contributed by atoms with van der Waals surface area (Å²) in [5.74, 6) is 1.66. The third-order valence-corrected chi connectivity index (χ3v) is 3.38. The topological polar surface area (TPSA) is 50.2 Å². The highest BCUT2D eigenvalue weighted by molar-refractivity contribution is 7.98. The average molecular weight is 207 g/mol. The van der Waals surface area contributed by atoms with E-state index in [9.17, 15) is 4.79 Å². The maximum atomic E-state index is 11.9. The molecule has 0 saturated carbocycles. The van der Waals surface area contributed by atoms with Crippen LogP contribution in [0.15, 0.2) is 10.9 Å². The van der Waals surface area contributed by atoms with Crippen LogP contribution >= 0.6 is 11.8 Å². The first-order valence-corrected chi connectivity index (χ1v) is 5.59. The SMILES string of the molecule is Cc1cc2nc3c(c(=O)n2[nH]1)CSC3. The Hall–Kier alpha value is -1.23.